The molecule has 2 aromatic rings. The van der Waals surface area contributed by atoms with Crippen molar-refractivity contribution < 1.29 is 19.8 Å². The summed E-state index contributed by atoms with van der Waals surface area (Å²) in [5.41, 5.74) is 6.89. The van der Waals surface area contributed by atoms with Crippen LogP contribution in [0.4, 0.5) is 0 Å². The van der Waals surface area contributed by atoms with Crippen molar-refractivity contribution in [2.45, 2.75) is 38.2 Å². The van der Waals surface area contributed by atoms with Gasteiger partial charge in [0.1, 0.15) is 11.5 Å². The number of thioether (sulfide) groups is 1. The van der Waals surface area contributed by atoms with Crippen molar-refractivity contribution >= 4 is 35.0 Å². The van der Waals surface area contributed by atoms with E-state index in [2.05, 4.69) is 21.1 Å². The fourth-order valence-electron chi connectivity index (χ4n) is 2.57. The topological polar surface area (TPSA) is 123 Å². The van der Waals surface area contributed by atoms with Gasteiger partial charge in [-0.1, -0.05) is 24.3 Å². The van der Waals surface area contributed by atoms with Crippen molar-refractivity contribution in [3.05, 3.63) is 59.7 Å². The molecule has 0 aliphatic rings. The normalized spacial score (nSPS) is 13.9. The molecule has 4 N–H and O–H groups in total. The van der Waals surface area contributed by atoms with E-state index in [1.165, 1.54) is 12.1 Å². The van der Waals surface area contributed by atoms with Crippen molar-refractivity contribution in [1.82, 2.24) is 10.9 Å². The Balaban J connectivity index is 1.90. The Labute approximate surface area is 185 Å². The number of phenols is 2. The van der Waals surface area contributed by atoms with Crippen LogP contribution in [0.5, 0.6) is 11.5 Å². The fraction of sp³-hybridized carbons (Fsp3) is 0.273. The number of para-hydroxylation sites is 2. The number of amides is 2. The van der Waals surface area contributed by atoms with Gasteiger partial charge in [-0.3, -0.25) is 9.59 Å². The van der Waals surface area contributed by atoms with Crippen LogP contribution in [0, 0.1) is 0 Å². The number of carbonyl (C=O) groups excluding carboxylic acids is 2. The summed E-state index contributed by atoms with van der Waals surface area (Å²) >= 11 is 1.16. The van der Waals surface area contributed by atoms with Gasteiger partial charge < -0.3 is 10.2 Å². The molecule has 0 fully saturated rings. The molecular weight excluding hydrogens is 416 g/mol. The van der Waals surface area contributed by atoms with Crippen molar-refractivity contribution in [2.24, 2.45) is 10.2 Å². The third kappa shape index (κ3) is 6.85. The molecular formula is C22H26N4O4S. The third-order valence-electron chi connectivity index (χ3n) is 4.40. The van der Waals surface area contributed by atoms with E-state index in [1.54, 1.807) is 64.1 Å². The molecule has 0 bridgehead atoms. The lowest BCUT2D eigenvalue weighted by Crippen LogP contribution is -2.33. The summed E-state index contributed by atoms with van der Waals surface area (Å²) < 4.78 is 0. The number of hydrogen-bond donors (Lipinski definition) is 4. The molecule has 0 heterocycles. The summed E-state index contributed by atoms with van der Waals surface area (Å²) in [6.07, 6.45) is 0. The molecule has 0 saturated carbocycles. The molecule has 0 radical (unpaired) electrons. The molecule has 2 rings (SSSR count). The fourth-order valence-corrected chi connectivity index (χ4v) is 3.53. The lowest BCUT2D eigenvalue weighted by Gasteiger charge is -2.15. The summed E-state index contributed by atoms with van der Waals surface area (Å²) in [5.74, 6) is -0.586. The van der Waals surface area contributed by atoms with Gasteiger partial charge in [0.25, 0.3) is 11.8 Å². The van der Waals surface area contributed by atoms with Gasteiger partial charge in [-0.2, -0.15) is 10.2 Å². The van der Waals surface area contributed by atoms with Crippen molar-refractivity contribution in [1.29, 1.82) is 0 Å². The monoisotopic (exact) mass is 442 g/mol. The number of hydrogen-bond acceptors (Lipinski definition) is 7. The van der Waals surface area contributed by atoms with E-state index in [0.29, 0.717) is 22.6 Å². The van der Waals surface area contributed by atoms with Crippen molar-refractivity contribution in [2.75, 3.05) is 0 Å². The maximum atomic E-state index is 12.3. The number of rotatable bonds is 8. The first-order chi connectivity index (χ1) is 14.7. The first-order valence-corrected chi connectivity index (χ1v) is 10.6. The van der Waals surface area contributed by atoms with E-state index in [-0.39, 0.29) is 23.3 Å². The molecule has 31 heavy (non-hydrogen) atoms. The van der Waals surface area contributed by atoms with Gasteiger partial charge in [-0.05, 0) is 52.0 Å². The largest absolute Gasteiger partial charge is 0.507 e. The Kier molecular flexibility index (Phi) is 8.63. The average molecular weight is 443 g/mol. The van der Waals surface area contributed by atoms with Gasteiger partial charge in [0.15, 0.2) is 0 Å². The van der Waals surface area contributed by atoms with Crippen LogP contribution in [0.25, 0.3) is 0 Å². The number of hydrazone groups is 2. The summed E-state index contributed by atoms with van der Waals surface area (Å²) in [7, 11) is 0. The van der Waals surface area contributed by atoms with Crippen LogP contribution in [0.2, 0.25) is 0 Å². The van der Waals surface area contributed by atoms with Crippen LogP contribution in [0.3, 0.4) is 0 Å². The van der Waals surface area contributed by atoms with E-state index in [1.807, 2.05) is 0 Å². The van der Waals surface area contributed by atoms with Crippen LogP contribution >= 0.6 is 11.8 Å². The first kappa shape index (κ1) is 23.9. The predicted molar refractivity (Wildman–Crippen MR) is 123 cm³/mol. The van der Waals surface area contributed by atoms with Gasteiger partial charge >= 0.3 is 0 Å². The first-order valence-electron chi connectivity index (χ1n) is 9.61. The Bertz CT molecular complexity index is 927. The van der Waals surface area contributed by atoms with Gasteiger partial charge in [0.05, 0.1) is 21.9 Å². The predicted octanol–water partition coefficient (Wildman–Crippen LogP) is 2.99. The zero-order valence-electron chi connectivity index (χ0n) is 17.8. The zero-order valence-corrected chi connectivity index (χ0v) is 18.6. The van der Waals surface area contributed by atoms with E-state index >= 15 is 0 Å². The molecule has 2 atom stereocenters. The highest BCUT2D eigenvalue weighted by atomic mass is 32.2. The standard InChI is InChI=1S/C22H26N4O4S/c1-13(17-9-5-7-11-19(17)27)23-25-21(29)15(3)31-16(4)22(30)26-24-14(2)18-10-6-8-12-20(18)28/h5-12,15-16,27-28H,1-4H3,(H,25,29)(H,26,30). The van der Waals surface area contributed by atoms with Gasteiger partial charge in [-0.15, -0.1) is 11.8 Å². The van der Waals surface area contributed by atoms with E-state index in [4.69, 9.17) is 0 Å². The van der Waals surface area contributed by atoms with Crippen LogP contribution < -0.4 is 10.9 Å². The molecule has 0 aliphatic heterocycles. The number of phenolic OH excluding ortho intramolecular Hbond substituents is 2. The van der Waals surface area contributed by atoms with Crippen LogP contribution in [0.15, 0.2) is 58.7 Å². The third-order valence-corrected chi connectivity index (χ3v) is 5.65. The number of benzene rings is 2. The van der Waals surface area contributed by atoms with Crippen molar-refractivity contribution in [3.8, 4) is 11.5 Å². The number of nitrogens with one attached hydrogen (secondary N) is 2. The summed E-state index contributed by atoms with van der Waals surface area (Å²) in [4.78, 5) is 24.6. The van der Waals surface area contributed by atoms with Gasteiger partial charge in [-0.25, -0.2) is 10.9 Å². The molecule has 9 heteroatoms. The summed E-state index contributed by atoms with van der Waals surface area (Å²) in [5, 5.41) is 26.6. The van der Waals surface area contributed by atoms with Gasteiger partial charge in [0, 0.05) is 11.1 Å². The molecule has 2 unspecified atom stereocenters. The lowest BCUT2D eigenvalue weighted by atomic mass is 10.1. The minimum Gasteiger partial charge on any atom is -0.507 e. The number of carbonyl (C=O) groups is 2. The minimum atomic E-state index is -0.551. The highest BCUT2D eigenvalue weighted by Gasteiger charge is 2.21. The Morgan fingerprint density at radius 2 is 1.13 bits per heavy atom. The van der Waals surface area contributed by atoms with Gasteiger partial charge in [0.2, 0.25) is 0 Å². The minimum absolute atomic E-state index is 0.0744. The van der Waals surface area contributed by atoms with E-state index < -0.39 is 10.5 Å². The molecule has 164 valence electrons. The second kappa shape index (κ2) is 11.2. The molecule has 2 aromatic carbocycles. The highest BCUT2D eigenvalue weighted by molar-refractivity contribution is 8.01. The highest BCUT2D eigenvalue weighted by Crippen LogP contribution is 2.19. The second-order valence-electron chi connectivity index (χ2n) is 6.80. The lowest BCUT2D eigenvalue weighted by molar-refractivity contribution is -0.120. The SMILES string of the molecule is CC(=NNC(=O)C(C)SC(C)C(=O)NN=C(C)c1ccccc1O)c1ccccc1O. The second-order valence-corrected chi connectivity index (χ2v) is 8.49. The number of aromatic hydroxyl groups is 2. The van der Waals surface area contributed by atoms with Crippen molar-refractivity contribution in [3.63, 3.8) is 0 Å². The van der Waals surface area contributed by atoms with Crippen LogP contribution in [-0.4, -0.2) is 44.0 Å². The molecule has 8 nitrogen and oxygen atoms in total. The zero-order chi connectivity index (χ0) is 23.0. The Morgan fingerprint density at radius 1 is 0.774 bits per heavy atom. The molecule has 2 amide bonds. The summed E-state index contributed by atoms with van der Waals surface area (Å²) in [6.45, 7) is 6.69. The Hall–Kier alpha value is -3.33. The smallest absolute Gasteiger partial charge is 0.252 e. The average Bonchev–Trinajstić information content (AvgIpc) is 2.75. The maximum absolute atomic E-state index is 12.3. The van der Waals surface area contributed by atoms with Crippen LogP contribution in [0.1, 0.15) is 38.8 Å². The number of nitrogens with zero attached hydrogens (tertiary/aromatic N) is 2. The maximum Gasteiger partial charge on any atom is 0.252 e. The molecule has 0 aliphatic carbocycles. The van der Waals surface area contributed by atoms with Crippen LogP contribution in [-0.2, 0) is 9.59 Å². The Morgan fingerprint density at radius 3 is 1.48 bits per heavy atom. The van der Waals surface area contributed by atoms with E-state index in [0.717, 1.165) is 11.8 Å². The van der Waals surface area contributed by atoms with E-state index in [9.17, 15) is 19.8 Å². The molecule has 0 aromatic heterocycles. The molecule has 0 saturated heterocycles. The summed E-state index contributed by atoms with van der Waals surface area (Å²) in [6, 6.07) is 13.4. The molecule has 0 spiro atoms. The quantitative estimate of drug-likeness (QED) is 0.370.